The van der Waals surface area contributed by atoms with Gasteiger partial charge in [0.1, 0.15) is 0 Å². The van der Waals surface area contributed by atoms with Crippen molar-refractivity contribution in [2.75, 3.05) is 17.7 Å². The lowest BCUT2D eigenvalue weighted by Gasteiger charge is -2.24. The molecule has 2 N–H and O–H groups in total. The van der Waals surface area contributed by atoms with Gasteiger partial charge in [-0.2, -0.15) is 5.10 Å². The van der Waals surface area contributed by atoms with E-state index in [2.05, 4.69) is 42.9 Å². The summed E-state index contributed by atoms with van der Waals surface area (Å²) in [5, 5.41) is 4.54. The van der Waals surface area contributed by atoms with Gasteiger partial charge in [0.25, 0.3) is 0 Å². The maximum absolute atomic E-state index is 6.20. The maximum Gasteiger partial charge on any atom is 0.155 e. The number of nitrogens with zero attached hydrogens (tertiary/aromatic N) is 3. The molecule has 0 unspecified atom stereocenters. The van der Waals surface area contributed by atoms with E-state index < -0.39 is 0 Å². The number of rotatable bonds is 3. The number of nitrogen functional groups attached to an aromatic ring is 1. The number of para-hydroxylation sites is 1. The number of anilines is 3. The predicted octanol–water partition coefficient (Wildman–Crippen LogP) is 3.43. The van der Waals surface area contributed by atoms with Gasteiger partial charge < -0.3 is 10.6 Å². The summed E-state index contributed by atoms with van der Waals surface area (Å²) in [6, 6.07) is 8.56. The molecule has 1 heterocycles. The van der Waals surface area contributed by atoms with E-state index in [-0.39, 0.29) is 6.04 Å². The first-order chi connectivity index (χ1) is 8.93. The highest BCUT2D eigenvalue weighted by atomic mass is 15.4. The van der Waals surface area contributed by atoms with E-state index in [1.165, 1.54) is 5.56 Å². The van der Waals surface area contributed by atoms with Crippen molar-refractivity contribution in [2.45, 2.75) is 33.7 Å². The van der Waals surface area contributed by atoms with Crippen LogP contribution in [0.3, 0.4) is 0 Å². The SMILES string of the molecule is Cc1ccccc1N(C)c1c(N)c(C)nn1C(C)C. The molecule has 0 bridgehead atoms. The van der Waals surface area contributed by atoms with Crippen LogP contribution in [0.4, 0.5) is 17.2 Å². The largest absolute Gasteiger partial charge is 0.394 e. The molecule has 0 aliphatic heterocycles. The molecule has 0 atom stereocenters. The standard InChI is InChI=1S/C15H22N4/c1-10(2)19-15(14(16)12(4)17-19)18(5)13-9-7-6-8-11(13)3/h6-10H,16H2,1-5H3. The van der Waals surface area contributed by atoms with Crippen LogP contribution in [-0.2, 0) is 0 Å². The Balaban J connectivity index is 2.56. The lowest BCUT2D eigenvalue weighted by molar-refractivity contribution is 0.531. The first-order valence-corrected chi connectivity index (χ1v) is 6.57. The fraction of sp³-hybridized carbons (Fsp3) is 0.400. The van der Waals surface area contributed by atoms with Crippen LogP contribution < -0.4 is 10.6 Å². The minimum Gasteiger partial charge on any atom is -0.394 e. The molecule has 0 spiro atoms. The van der Waals surface area contributed by atoms with E-state index in [0.29, 0.717) is 0 Å². The highest BCUT2D eigenvalue weighted by Crippen LogP contribution is 2.34. The molecule has 0 saturated heterocycles. The lowest BCUT2D eigenvalue weighted by atomic mass is 10.2. The summed E-state index contributed by atoms with van der Waals surface area (Å²) < 4.78 is 1.98. The van der Waals surface area contributed by atoms with Crippen LogP contribution >= 0.6 is 0 Å². The summed E-state index contributed by atoms with van der Waals surface area (Å²) in [5.74, 6) is 0.960. The maximum atomic E-state index is 6.20. The van der Waals surface area contributed by atoms with Crippen molar-refractivity contribution in [2.24, 2.45) is 0 Å². The lowest BCUT2D eigenvalue weighted by Crippen LogP contribution is -2.18. The summed E-state index contributed by atoms with van der Waals surface area (Å²) >= 11 is 0. The molecule has 2 aromatic rings. The molecule has 1 aromatic heterocycles. The zero-order chi connectivity index (χ0) is 14.2. The smallest absolute Gasteiger partial charge is 0.155 e. The van der Waals surface area contributed by atoms with Crippen LogP contribution in [0.1, 0.15) is 31.1 Å². The zero-order valence-electron chi connectivity index (χ0n) is 12.3. The Labute approximate surface area is 114 Å². The third-order valence-corrected chi connectivity index (χ3v) is 3.39. The summed E-state index contributed by atoms with van der Waals surface area (Å²) in [5.41, 5.74) is 10.2. The molecule has 0 aliphatic rings. The summed E-state index contributed by atoms with van der Waals surface area (Å²) in [6.07, 6.45) is 0. The first kappa shape index (κ1) is 13.5. The van der Waals surface area contributed by atoms with Crippen molar-refractivity contribution in [1.82, 2.24) is 9.78 Å². The highest BCUT2D eigenvalue weighted by molar-refractivity contribution is 5.74. The minimum absolute atomic E-state index is 0.275. The molecule has 0 aliphatic carbocycles. The predicted molar refractivity (Wildman–Crippen MR) is 81.0 cm³/mol. The molecule has 1 aromatic carbocycles. The van der Waals surface area contributed by atoms with E-state index >= 15 is 0 Å². The van der Waals surface area contributed by atoms with E-state index in [4.69, 9.17) is 5.73 Å². The van der Waals surface area contributed by atoms with Crippen LogP contribution in [-0.4, -0.2) is 16.8 Å². The van der Waals surface area contributed by atoms with Gasteiger partial charge in [0.2, 0.25) is 0 Å². The van der Waals surface area contributed by atoms with Gasteiger partial charge in [-0.1, -0.05) is 18.2 Å². The molecule has 0 saturated carbocycles. The van der Waals surface area contributed by atoms with Crippen LogP contribution in [0.2, 0.25) is 0 Å². The first-order valence-electron chi connectivity index (χ1n) is 6.57. The number of hydrogen-bond donors (Lipinski definition) is 1. The molecule has 0 radical (unpaired) electrons. The molecular weight excluding hydrogens is 236 g/mol. The Morgan fingerprint density at radius 1 is 1.21 bits per heavy atom. The molecule has 4 nitrogen and oxygen atoms in total. The number of benzene rings is 1. The highest BCUT2D eigenvalue weighted by Gasteiger charge is 2.19. The second kappa shape index (κ2) is 4.96. The van der Waals surface area contributed by atoms with Crippen molar-refractivity contribution < 1.29 is 0 Å². The van der Waals surface area contributed by atoms with Gasteiger partial charge in [-0.05, 0) is 39.3 Å². The molecule has 2 rings (SSSR count). The van der Waals surface area contributed by atoms with Gasteiger partial charge in [0.05, 0.1) is 11.4 Å². The number of aryl methyl sites for hydroxylation is 2. The van der Waals surface area contributed by atoms with Crippen LogP contribution in [0, 0.1) is 13.8 Å². The van der Waals surface area contributed by atoms with Crippen molar-refractivity contribution in [3.8, 4) is 0 Å². The normalized spacial score (nSPS) is 11.1. The quantitative estimate of drug-likeness (QED) is 0.917. The van der Waals surface area contributed by atoms with Crippen LogP contribution in [0.5, 0.6) is 0 Å². The van der Waals surface area contributed by atoms with Gasteiger partial charge in [-0.3, -0.25) is 0 Å². The van der Waals surface area contributed by atoms with Gasteiger partial charge in [0.15, 0.2) is 5.82 Å². The number of aromatic nitrogens is 2. The Kier molecular flexibility index (Phi) is 3.51. The Morgan fingerprint density at radius 2 is 1.84 bits per heavy atom. The van der Waals surface area contributed by atoms with Crippen molar-refractivity contribution in [3.05, 3.63) is 35.5 Å². The van der Waals surface area contributed by atoms with Crippen molar-refractivity contribution >= 4 is 17.2 Å². The van der Waals surface area contributed by atoms with Gasteiger partial charge >= 0.3 is 0 Å². The average Bonchev–Trinajstić information content (AvgIpc) is 2.66. The van der Waals surface area contributed by atoms with Gasteiger partial charge in [0, 0.05) is 18.8 Å². The van der Waals surface area contributed by atoms with E-state index in [9.17, 15) is 0 Å². The molecule has 19 heavy (non-hydrogen) atoms. The number of hydrogen-bond acceptors (Lipinski definition) is 3. The summed E-state index contributed by atoms with van der Waals surface area (Å²) in [6.45, 7) is 8.27. The summed E-state index contributed by atoms with van der Waals surface area (Å²) in [4.78, 5) is 2.12. The zero-order valence-corrected chi connectivity index (χ0v) is 12.3. The van der Waals surface area contributed by atoms with Crippen LogP contribution in [0.25, 0.3) is 0 Å². The van der Waals surface area contributed by atoms with Crippen molar-refractivity contribution in [1.29, 1.82) is 0 Å². The Hall–Kier alpha value is -1.97. The topological polar surface area (TPSA) is 47.1 Å². The van der Waals surface area contributed by atoms with E-state index in [1.54, 1.807) is 0 Å². The van der Waals surface area contributed by atoms with Crippen LogP contribution in [0.15, 0.2) is 24.3 Å². The average molecular weight is 258 g/mol. The van der Waals surface area contributed by atoms with E-state index in [1.807, 2.05) is 30.8 Å². The number of nitrogens with two attached hydrogens (primary N) is 1. The Morgan fingerprint density at radius 3 is 2.42 bits per heavy atom. The van der Waals surface area contributed by atoms with Gasteiger partial charge in [-0.25, -0.2) is 4.68 Å². The third-order valence-electron chi connectivity index (χ3n) is 3.39. The third kappa shape index (κ3) is 2.30. The van der Waals surface area contributed by atoms with E-state index in [0.717, 1.165) is 22.9 Å². The molecule has 4 heteroatoms. The molecule has 102 valence electrons. The fourth-order valence-corrected chi connectivity index (χ4v) is 2.30. The summed E-state index contributed by atoms with van der Waals surface area (Å²) in [7, 11) is 2.04. The second-order valence-electron chi connectivity index (χ2n) is 5.21. The molecule has 0 fully saturated rings. The molecular formula is C15H22N4. The second-order valence-corrected chi connectivity index (χ2v) is 5.21. The monoisotopic (exact) mass is 258 g/mol. The minimum atomic E-state index is 0.275. The molecule has 0 amide bonds. The van der Waals surface area contributed by atoms with Crippen molar-refractivity contribution in [3.63, 3.8) is 0 Å². The fourth-order valence-electron chi connectivity index (χ4n) is 2.30. The Bertz CT molecular complexity index is 584. The van der Waals surface area contributed by atoms with Gasteiger partial charge in [-0.15, -0.1) is 0 Å².